The number of hydrogen-bond acceptors (Lipinski definition) is 4. The number of aromatic nitrogens is 4. The molecule has 2 aromatic heterocycles. The van der Waals surface area contributed by atoms with Gasteiger partial charge in [-0.1, -0.05) is 6.42 Å². The van der Waals surface area contributed by atoms with Crippen LogP contribution in [0.3, 0.4) is 0 Å². The summed E-state index contributed by atoms with van der Waals surface area (Å²) in [6, 6.07) is 0. The number of anilines is 1. The van der Waals surface area contributed by atoms with Gasteiger partial charge < -0.3 is 4.90 Å². The van der Waals surface area contributed by atoms with E-state index < -0.39 is 0 Å². The average Bonchev–Trinajstić information content (AvgIpc) is 3.02. The Labute approximate surface area is 99.5 Å². The van der Waals surface area contributed by atoms with Crippen molar-refractivity contribution >= 4 is 11.5 Å². The first-order chi connectivity index (χ1) is 8.42. The van der Waals surface area contributed by atoms with Crippen LogP contribution in [0.15, 0.2) is 18.7 Å². The van der Waals surface area contributed by atoms with Gasteiger partial charge in [0, 0.05) is 25.5 Å². The van der Waals surface area contributed by atoms with Gasteiger partial charge in [0.1, 0.15) is 6.33 Å². The Kier molecular flexibility index (Phi) is 1.89. The number of hydrogen-bond donors (Lipinski definition) is 0. The first-order valence-electron chi connectivity index (χ1n) is 6.31. The van der Waals surface area contributed by atoms with Gasteiger partial charge in [0.25, 0.3) is 0 Å². The smallest absolute Gasteiger partial charge is 0.203 e. The van der Waals surface area contributed by atoms with Gasteiger partial charge in [0.2, 0.25) is 5.65 Å². The van der Waals surface area contributed by atoms with Gasteiger partial charge in [-0.3, -0.25) is 4.40 Å². The van der Waals surface area contributed by atoms with Crippen molar-refractivity contribution in [2.75, 3.05) is 18.0 Å². The molecule has 2 atom stereocenters. The first-order valence-corrected chi connectivity index (χ1v) is 6.31. The number of fused-ring (bicyclic) bond motifs is 2. The molecule has 0 radical (unpaired) electrons. The van der Waals surface area contributed by atoms with Gasteiger partial charge in [-0.15, -0.1) is 10.2 Å². The molecule has 1 aliphatic heterocycles. The average molecular weight is 229 g/mol. The maximum Gasteiger partial charge on any atom is 0.203 e. The van der Waals surface area contributed by atoms with Crippen molar-refractivity contribution in [3.63, 3.8) is 0 Å². The second-order valence-electron chi connectivity index (χ2n) is 5.17. The summed E-state index contributed by atoms with van der Waals surface area (Å²) in [5.74, 6) is 2.75. The second kappa shape index (κ2) is 3.42. The van der Waals surface area contributed by atoms with E-state index in [-0.39, 0.29) is 0 Å². The summed E-state index contributed by atoms with van der Waals surface area (Å²) in [4.78, 5) is 6.88. The zero-order valence-electron chi connectivity index (χ0n) is 9.66. The van der Waals surface area contributed by atoms with Crippen molar-refractivity contribution in [1.82, 2.24) is 19.6 Å². The van der Waals surface area contributed by atoms with Crippen LogP contribution >= 0.6 is 0 Å². The molecule has 17 heavy (non-hydrogen) atoms. The summed E-state index contributed by atoms with van der Waals surface area (Å²) < 4.78 is 1.94. The molecule has 0 unspecified atom stereocenters. The highest BCUT2D eigenvalue weighted by molar-refractivity contribution is 5.63. The SMILES string of the molecule is c1cn2cnnc2c(N2C[C@H]3CCC[C@@H]3C2)n1. The molecule has 5 nitrogen and oxygen atoms in total. The lowest BCUT2D eigenvalue weighted by atomic mass is 10.0. The van der Waals surface area contributed by atoms with E-state index in [4.69, 9.17) is 0 Å². The van der Waals surface area contributed by atoms with Crippen molar-refractivity contribution < 1.29 is 0 Å². The van der Waals surface area contributed by atoms with E-state index in [9.17, 15) is 0 Å². The molecule has 0 aromatic carbocycles. The molecule has 3 heterocycles. The maximum absolute atomic E-state index is 4.49. The molecule has 1 aliphatic carbocycles. The van der Waals surface area contributed by atoms with Crippen LogP contribution in [0.25, 0.3) is 5.65 Å². The van der Waals surface area contributed by atoms with E-state index in [2.05, 4.69) is 20.1 Å². The van der Waals surface area contributed by atoms with Crippen LogP contribution in [0.1, 0.15) is 19.3 Å². The molecule has 2 aromatic rings. The van der Waals surface area contributed by atoms with Crippen molar-refractivity contribution in [3.05, 3.63) is 18.7 Å². The topological polar surface area (TPSA) is 46.3 Å². The minimum atomic E-state index is 0.875. The van der Waals surface area contributed by atoms with E-state index in [0.717, 1.165) is 36.4 Å². The standard InChI is InChI=1S/C12H15N5/c1-2-9-6-17(7-10(9)3-1)11-12-15-14-8-16(12)5-4-13-11/h4-5,8-10H,1-3,6-7H2/t9-,10-/m1/s1. The molecular weight excluding hydrogens is 214 g/mol. The zero-order valence-corrected chi connectivity index (χ0v) is 9.66. The first kappa shape index (κ1) is 9.39. The lowest BCUT2D eigenvalue weighted by Gasteiger charge is -2.18. The quantitative estimate of drug-likeness (QED) is 0.740. The van der Waals surface area contributed by atoms with Gasteiger partial charge >= 0.3 is 0 Å². The third kappa shape index (κ3) is 1.34. The Morgan fingerprint density at radius 1 is 1.18 bits per heavy atom. The molecule has 2 aliphatic rings. The third-order valence-electron chi connectivity index (χ3n) is 4.22. The predicted molar refractivity (Wildman–Crippen MR) is 63.8 cm³/mol. The molecule has 4 rings (SSSR count). The summed E-state index contributed by atoms with van der Waals surface area (Å²) in [5.41, 5.74) is 0.882. The van der Waals surface area contributed by atoms with E-state index >= 15 is 0 Å². The molecule has 0 spiro atoms. The molecular formula is C12H15N5. The van der Waals surface area contributed by atoms with Crippen LogP contribution in [0.4, 0.5) is 5.82 Å². The van der Waals surface area contributed by atoms with Crippen LogP contribution in [0.2, 0.25) is 0 Å². The highest BCUT2D eigenvalue weighted by Crippen LogP contribution is 2.39. The van der Waals surface area contributed by atoms with Crippen LogP contribution < -0.4 is 4.90 Å². The van der Waals surface area contributed by atoms with Crippen LogP contribution in [-0.2, 0) is 0 Å². The lowest BCUT2D eigenvalue weighted by Crippen LogP contribution is -2.22. The fourth-order valence-corrected chi connectivity index (χ4v) is 3.38. The predicted octanol–water partition coefficient (Wildman–Crippen LogP) is 1.36. The molecule has 0 amide bonds. The van der Waals surface area contributed by atoms with Crippen molar-refractivity contribution in [1.29, 1.82) is 0 Å². The largest absolute Gasteiger partial charge is 0.353 e. The van der Waals surface area contributed by atoms with E-state index in [0.29, 0.717) is 0 Å². The normalized spacial score (nSPS) is 27.9. The summed E-state index contributed by atoms with van der Waals surface area (Å²) in [5, 5.41) is 8.12. The fraction of sp³-hybridized carbons (Fsp3) is 0.583. The summed E-state index contributed by atoms with van der Waals surface area (Å²) in [6.07, 6.45) is 9.65. The minimum absolute atomic E-state index is 0.875. The third-order valence-corrected chi connectivity index (χ3v) is 4.22. The number of rotatable bonds is 1. The lowest BCUT2D eigenvalue weighted by molar-refractivity contribution is 0.494. The van der Waals surface area contributed by atoms with Crippen molar-refractivity contribution in [2.45, 2.75) is 19.3 Å². The summed E-state index contributed by atoms with van der Waals surface area (Å²) >= 11 is 0. The van der Waals surface area contributed by atoms with E-state index in [1.165, 1.54) is 19.3 Å². The van der Waals surface area contributed by atoms with E-state index in [1.54, 1.807) is 6.33 Å². The van der Waals surface area contributed by atoms with Crippen LogP contribution in [0.5, 0.6) is 0 Å². The Morgan fingerprint density at radius 2 is 2.00 bits per heavy atom. The summed E-state index contributed by atoms with van der Waals surface area (Å²) in [7, 11) is 0. The highest BCUT2D eigenvalue weighted by Gasteiger charge is 2.37. The zero-order chi connectivity index (χ0) is 11.2. The molecule has 88 valence electrons. The fourth-order valence-electron chi connectivity index (χ4n) is 3.38. The van der Waals surface area contributed by atoms with Crippen molar-refractivity contribution in [2.24, 2.45) is 11.8 Å². The Balaban J connectivity index is 1.73. The van der Waals surface area contributed by atoms with Crippen LogP contribution in [0, 0.1) is 11.8 Å². The molecule has 5 heteroatoms. The van der Waals surface area contributed by atoms with E-state index in [1.807, 2.05) is 16.8 Å². The highest BCUT2D eigenvalue weighted by atomic mass is 15.3. The van der Waals surface area contributed by atoms with Crippen LogP contribution in [-0.4, -0.2) is 32.7 Å². The Hall–Kier alpha value is -1.65. The Morgan fingerprint density at radius 3 is 2.82 bits per heavy atom. The minimum Gasteiger partial charge on any atom is -0.353 e. The van der Waals surface area contributed by atoms with Gasteiger partial charge in [-0.05, 0) is 24.7 Å². The van der Waals surface area contributed by atoms with Gasteiger partial charge in [0.15, 0.2) is 5.82 Å². The number of nitrogens with zero attached hydrogens (tertiary/aromatic N) is 5. The molecule has 2 fully saturated rings. The molecule has 1 saturated carbocycles. The molecule has 1 saturated heterocycles. The van der Waals surface area contributed by atoms with Gasteiger partial charge in [-0.25, -0.2) is 4.98 Å². The second-order valence-corrected chi connectivity index (χ2v) is 5.17. The van der Waals surface area contributed by atoms with Gasteiger partial charge in [0.05, 0.1) is 0 Å². The maximum atomic E-state index is 4.49. The van der Waals surface area contributed by atoms with Crippen molar-refractivity contribution in [3.8, 4) is 0 Å². The monoisotopic (exact) mass is 229 g/mol. The summed E-state index contributed by atoms with van der Waals surface area (Å²) in [6.45, 7) is 2.29. The molecule has 0 bridgehead atoms. The van der Waals surface area contributed by atoms with Gasteiger partial charge in [-0.2, -0.15) is 0 Å². The Bertz CT molecular complexity index is 537. The molecule has 0 N–H and O–H groups in total.